The van der Waals surface area contributed by atoms with Gasteiger partial charge in [0.15, 0.2) is 5.82 Å². The van der Waals surface area contributed by atoms with Crippen LogP contribution in [0.1, 0.15) is 42.4 Å². The third kappa shape index (κ3) is 6.88. The highest BCUT2D eigenvalue weighted by Gasteiger charge is 2.35. The van der Waals surface area contributed by atoms with E-state index in [4.69, 9.17) is 4.74 Å². The van der Waals surface area contributed by atoms with Crippen LogP contribution in [0.3, 0.4) is 0 Å². The molecule has 8 nitrogen and oxygen atoms in total. The van der Waals surface area contributed by atoms with Crippen molar-refractivity contribution in [1.29, 1.82) is 0 Å². The Balaban J connectivity index is 1.54. The largest absolute Gasteiger partial charge is 0.444 e. The number of hydrogen-bond acceptors (Lipinski definition) is 6. The van der Waals surface area contributed by atoms with Crippen LogP contribution in [0, 0.1) is 0 Å². The molecule has 1 aliphatic rings. The standard InChI is InChI=1S/C22H26F3N5O3/c1-21(2,3)33-20(32)30-12-10-29(11-13-30)14-15-8-9-18(28-27-15)26-19(31)16-6-4-5-7-17(16)22(23,24)25/h4-9H,10-14H2,1-3H3,(H,26,28,31). The van der Waals surface area contributed by atoms with Gasteiger partial charge in [-0.3, -0.25) is 9.69 Å². The maximum absolute atomic E-state index is 13.1. The van der Waals surface area contributed by atoms with Crippen molar-refractivity contribution in [3.63, 3.8) is 0 Å². The van der Waals surface area contributed by atoms with Gasteiger partial charge in [0, 0.05) is 32.7 Å². The fourth-order valence-corrected chi connectivity index (χ4v) is 3.27. The van der Waals surface area contributed by atoms with Crippen molar-refractivity contribution < 1.29 is 27.5 Å². The summed E-state index contributed by atoms with van der Waals surface area (Å²) in [5.74, 6) is -0.862. The average molecular weight is 465 g/mol. The molecule has 0 aliphatic carbocycles. The summed E-state index contributed by atoms with van der Waals surface area (Å²) in [5.41, 5.74) is -1.42. The predicted molar refractivity (Wildman–Crippen MR) is 115 cm³/mol. The van der Waals surface area contributed by atoms with Crippen molar-refractivity contribution >= 4 is 17.8 Å². The van der Waals surface area contributed by atoms with Crippen molar-refractivity contribution in [2.75, 3.05) is 31.5 Å². The Hall–Kier alpha value is -3.21. The van der Waals surface area contributed by atoms with Gasteiger partial charge in [0.25, 0.3) is 5.91 Å². The van der Waals surface area contributed by atoms with Gasteiger partial charge in [-0.05, 0) is 45.0 Å². The van der Waals surface area contributed by atoms with Crippen LogP contribution in [0.2, 0.25) is 0 Å². The molecule has 1 aromatic carbocycles. The highest BCUT2D eigenvalue weighted by Crippen LogP contribution is 2.32. The van der Waals surface area contributed by atoms with Crippen LogP contribution >= 0.6 is 0 Å². The molecular formula is C22H26F3N5O3. The van der Waals surface area contributed by atoms with Crippen molar-refractivity contribution in [3.05, 3.63) is 53.2 Å². The number of ether oxygens (including phenoxy) is 1. The Morgan fingerprint density at radius 1 is 1.00 bits per heavy atom. The van der Waals surface area contributed by atoms with Gasteiger partial charge in [-0.25, -0.2) is 4.79 Å². The number of carbonyl (C=O) groups excluding carboxylic acids is 2. The van der Waals surface area contributed by atoms with Crippen molar-refractivity contribution in [3.8, 4) is 0 Å². The maximum atomic E-state index is 13.1. The van der Waals surface area contributed by atoms with E-state index < -0.39 is 28.8 Å². The molecule has 2 amide bonds. The molecule has 1 aliphatic heterocycles. The summed E-state index contributed by atoms with van der Waals surface area (Å²) in [6, 6.07) is 7.69. The van der Waals surface area contributed by atoms with Crippen molar-refractivity contribution in [2.24, 2.45) is 0 Å². The third-order valence-electron chi connectivity index (χ3n) is 4.85. The first-order valence-electron chi connectivity index (χ1n) is 10.4. The van der Waals surface area contributed by atoms with Crippen molar-refractivity contribution in [1.82, 2.24) is 20.0 Å². The van der Waals surface area contributed by atoms with E-state index in [1.165, 1.54) is 18.2 Å². The first-order valence-corrected chi connectivity index (χ1v) is 10.4. The quantitative estimate of drug-likeness (QED) is 0.739. The number of nitrogens with one attached hydrogen (secondary N) is 1. The lowest BCUT2D eigenvalue weighted by atomic mass is 10.1. The Morgan fingerprint density at radius 3 is 2.24 bits per heavy atom. The molecule has 178 valence electrons. The molecule has 1 aromatic heterocycles. The van der Waals surface area contributed by atoms with E-state index in [2.05, 4.69) is 20.4 Å². The minimum atomic E-state index is -4.64. The zero-order chi connectivity index (χ0) is 24.2. The van der Waals surface area contributed by atoms with Crippen molar-refractivity contribution in [2.45, 2.75) is 39.1 Å². The molecular weight excluding hydrogens is 439 g/mol. The highest BCUT2D eigenvalue weighted by atomic mass is 19.4. The monoisotopic (exact) mass is 465 g/mol. The van der Waals surface area contributed by atoms with E-state index >= 15 is 0 Å². The summed E-state index contributed by atoms with van der Waals surface area (Å²) < 4.78 is 44.8. The SMILES string of the molecule is CC(C)(C)OC(=O)N1CCN(Cc2ccc(NC(=O)c3ccccc3C(F)(F)F)nn2)CC1. The lowest BCUT2D eigenvalue weighted by Crippen LogP contribution is -2.49. The predicted octanol–water partition coefficient (Wildman–Crippen LogP) is 3.80. The molecule has 1 saturated heterocycles. The van der Waals surface area contributed by atoms with Crippen LogP contribution in [-0.2, 0) is 17.5 Å². The van der Waals surface area contributed by atoms with Gasteiger partial charge < -0.3 is 15.0 Å². The first-order chi connectivity index (χ1) is 15.4. The van der Waals surface area contributed by atoms with Crippen LogP contribution in [-0.4, -0.2) is 63.8 Å². The van der Waals surface area contributed by atoms with Gasteiger partial charge in [-0.15, -0.1) is 5.10 Å². The van der Waals surface area contributed by atoms with Gasteiger partial charge in [0.1, 0.15) is 5.60 Å². The number of benzene rings is 1. The van der Waals surface area contributed by atoms with E-state index in [-0.39, 0.29) is 11.9 Å². The smallest absolute Gasteiger partial charge is 0.417 e. The third-order valence-corrected chi connectivity index (χ3v) is 4.85. The molecule has 3 rings (SSSR count). The number of halogens is 3. The summed E-state index contributed by atoms with van der Waals surface area (Å²) in [6.07, 6.45) is -4.98. The van der Waals surface area contributed by atoms with Crippen LogP contribution in [0.5, 0.6) is 0 Å². The molecule has 0 atom stereocenters. The lowest BCUT2D eigenvalue weighted by molar-refractivity contribution is -0.137. The van der Waals surface area contributed by atoms with Crippen LogP contribution in [0.25, 0.3) is 0 Å². The van der Waals surface area contributed by atoms with E-state index in [9.17, 15) is 22.8 Å². The molecule has 2 heterocycles. The second kappa shape index (κ2) is 9.74. The van der Waals surface area contributed by atoms with E-state index in [1.54, 1.807) is 11.0 Å². The molecule has 0 bridgehead atoms. The summed E-state index contributed by atoms with van der Waals surface area (Å²) >= 11 is 0. The molecule has 1 fully saturated rings. The summed E-state index contributed by atoms with van der Waals surface area (Å²) in [7, 11) is 0. The van der Waals surface area contributed by atoms with Crippen LogP contribution in [0.15, 0.2) is 36.4 Å². The number of aromatic nitrogens is 2. The van der Waals surface area contributed by atoms with E-state index in [1.807, 2.05) is 20.8 Å². The highest BCUT2D eigenvalue weighted by molar-refractivity contribution is 6.04. The van der Waals surface area contributed by atoms with Gasteiger partial charge in [-0.2, -0.15) is 18.3 Å². The number of anilines is 1. The summed E-state index contributed by atoms with van der Waals surface area (Å²) in [6.45, 7) is 8.26. The number of amides is 2. The van der Waals surface area contributed by atoms with Crippen LogP contribution < -0.4 is 5.32 Å². The minimum Gasteiger partial charge on any atom is -0.444 e. The van der Waals surface area contributed by atoms with Gasteiger partial charge in [0.2, 0.25) is 0 Å². The number of alkyl halides is 3. The molecule has 0 unspecified atom stereocenters. The Bertz CT molecular complexity index is 982. The molecule has 2 aromatic rings. The van der Waals surface area contributed by atoms with Gasteiger partial charge in [0.05, 0.1) is 16.8 Å². The number of carbonyl (C=O) groups is 2. The normalized spacial score (nSPS) is 15.3. The molecule has 0 spiro atoms. The molecule has 0 saturated carbocycles. The summed E-state index contributed by atoms with van der Waals surface area (Å²) in [4.78, 5) is 28.2. The Kier molecular flexibility index (Phi) is 7.21. The number of piperazine rings is 1. The minimum absolute atomic E-state index is 0.0514. The average Bonchev–Trinajstić information content (AvgIpc) is 2.74. The fraction of sp³-hybridized carbons (Fsp3) is 0.455. The Morgan fingerprint density at radius 2 is 1.67 bits per heavy atom. The zero-order valence-electron chi connectivity index (χ0n) is 18.6. The topological polar surface area (TPSA) is 87.7 Å². The van der Waals surface area contributed by atoms with E-state index in [0.29, 0.717) is 38.4 Å². The molecule has 0 radical (unpaired) electrons. The fourth-order valence-electron chi connectivity index (χ4n) is 3.27. The second-order valence-electron chi connectivity index (χ2n) is 8.65. The van der Waals surface area contributed by atoms with Gasteiger partial charge >= 0.3 is 12.3 Å². The molecule has 1 N–H and O–H groups in total. The van der Waals surface area contributed by atoms with Crippen LogP contribution in [0.4, 0.5) is 23.8 Å². The number of rotatable bonds is 4. The van der Waals surface area contributed by atoms with E-state index in [0.717, 1.165) is 12.1 Å². The van der Waals surface area contributed by atoms with Gasteiger partial charge in [-0.1, -0.05) is 12.1 Å². The maximum Gasteiger partial charge on any atom is 0.417 e. The first kappa shape index (κ1) is 24.4. The molecule has 33 heavy (non-hydrogen) atoms. The second-order valence-corrected chi connectivity index (χ2v) is 8.65. The molecule has 11 heteroatoms. The Labute approximate surface area is 189 Å². The lowest BCUT2D eigenvalue weighted by Gasteiger charge is -2.35. The summed E-state index contributed by atoms with van der Waals surface area (Å²) in [5, 5.41) is 10.3. The number of nitrogens with zero attached hydrogens (tertiary/aromatic N) is 4. The number of hydrogen-bond donors (Lipinski definition) is 1. The zero-order valence-corrected chi connectivity index (χ0v) is 18.6.